The van der Waals surface area contributed by atoms with Crippen molar-refractivity contribution < 1.29 is 0 Å². The van der Waals surface area contributed by atoms with E-state index >= 15 is 0 Å². The fourth-order valence-electron chi connectivity index (χ4n) is 3.85. The number of rotatable bonds is 6. The van der Waals surface area contributed by atoms with Crippen molar-refractivity contribution in [3.8, 4) is 0 Å². The molecule has 2 N–H and O–H groups in total. The quantitative estimate of drug-likeness (QED) is 0.853. The van der Waals surface area contributed by atoms with Crippen molar-refractivity contribution in [3.63, 3.8) is 0 Å². The van der Waals surface area contributed by atoms with Crippen LogP contribution in [-0.4, -0.2) is 24.5 Å². The zero-order chi connectivity index (χ0) is 14.6. The standard InChI is InChI=1S/C18H30N2/c1-4-12-20(13-5-2)18(14-19)11-10-15(3)16-8-6-7-9-17(16)18/h6-9,15H,4-5,10-14,19H2,1-3H3. The summed E-state index contributed by atoms with van der Waals surface area (Å²) in [6, 6.07) is 8.97. The van der Waals surface area contributed by atoms with Crippen molar-refractivity contribution in [1.29, 1.82) is 0 Å². The Balaban J connectivity index is 2.46. The van der Waals surface area contributed by atoms with Crippen LogP contribution in [0, 0.1) is 0 Å². The first-order chi connectivity index (χ1) is 9.69. The van der Waals surface area contributed by atoms with Crippen molar-refractivity contribution in [2.24, 2.45) is 5.73 Å². The van der Waals surface area contributed by atoms with E-state index in [0.29, 0.717) is 5.92 Å². The van der Waals surface area contributed by atoms with E-state index in [1.165, 1.54) is 36.8 Å². The highest BCUT2D eigenvalue weighted by Crippen LogP contribution is 2.44. The SMILES string of the molecule is CCCN(CCC)C1(CN)CCC(C)c2ccccc21. The molecular weight excluding hydrogens is 244 g/mol. The van der Waals surface area contributed by atoms with E-state index in [1.54, 1.807) is 0 Å². The molecule has 0 amide bonds. The zero-order valence-corrected chi connectivity index (χ0v) is 13.4. The molecule has 112 valence electrons. The highest BCUT2D eigenvalue weighted by molar-refractivity contribution is 5.39. The average molecular weight is 274 g/mol. The normalized spacial score (nSPS) is 25.8. The lowest BCUT2D eigenvalue weighted by Crippen LogP contribution is -2.53. The highest BCUT2D eigenvalue weighted by Gasteiger charge is 2.41. The largest absolute Gasteiger partial charge is 0.328 e. The summed E-state index contributed by atoms with van der Waals surface area (Å²) in [5.74, 6) is 0.663. The van der Waals surface area contributed by atoms with Crippen molar-refractivity contribution in [3.05, 3.63) is 35.4 Å². The van der Waals surface area contributed by atoms with Gasteiger partial charge in [0.25, 0.3) is 0 Å². The van der Waals surface area contributed by atoms with Crippen molar-refractivity contribution in [1.82, 2.24) is 4.90 Å². The smallest absolute Gasteiger partial charge is 0.0586 e. The molecule has 2 heteroatoms. The predicted molar refractivity (Wildman–Crippen MR) is 87.0 cm³/mol. The van der Waals surface area contributed by atoms with Gasteiger partial charge in [-0.3, -0.25) is 4.90 Å². The second-order valence-corrected chi connectivity index (χ2v) is 6.25. The minimum absolute atomic E-state index is 0.0646. The van der Waals surface area contributed by atoms with E-state index in [2.05, 4.69) is 49.9 Å². The minimum atomic E-state index is 0.0646. The Bertz CT molecular complexity index is 423. The molecule has 1 aliphatic rings. The molecule has 20 heavy (non-hydrogen) atoms. The molecule has 0 aliphatic heterocycles. The van der Waals surface area contributed by atoms with Crippen LogP contribution in [0.3, 0.4) is 0 Å². The van der Waals surface area contributed by atoms with Gasteiger partial charge in [0.05, 0.1) is 5.54 Å². The van der Waals surface area contributed by atoms with Gasteiger partial charge < -0.3 is 5.73 Å². The van der Waals surface area contributed by atoms with Crippen molar-refractivity contribution in [2.75, 3.05) is 19.6 Å². The Morgan fingerprint density at radius 1 is 1.20 bits per heavy atom. The summed E-state index contributed by atoms with van der Waals surface area (Å²) >= 11 is 0. The van der Waals surface area contributed by atoms with Gasteiger partial charge in [-0.15, -0.1) is 0 Å². The lowest BCUT2D eigenvalue weighted by Gasteiger charge is -2.48. The zero-order valence-electron chi connectivity index (χ0n) is 13.4. The molecule has 0 spiro atoms. The second-order valence-electron chi connectivity index (χ2n) is 6.25. The maximum Gasteiger partial charge on any atom is 0.0586 e. The van der Waals surface area contributed by atoms with Gasteiger partial charge >= 0.3 is 0 Å². The molecule has 0 heterocycles. The Hall–Kier alpha value is -0.860. The Kier molecular flexibility index (Phi) is 5.22. The second kappa shape index (κ2) is 6.73. The van der Waals surface area contributed by atoms with Crippen LogP contribution in [0.15, 0.2) is 24.3 Å². The first-order valence-electron chi connectivity index (χ1n) is 8.24. The van der Waals surface area contributed by atoms with Gasteiger partial charge in [-0.1, -0.05) is 45.0 Å². The van der Waals surface area contributed by atoms with E-state index < -0.39 is 0 Å². The maximum atomic E-state index is 6.32. The summed E-state index contributed by atoms with van der Waals surface area (Å²) in [6.45, 7) is 9.91. The monoisotopic (exact) mass is 274 g/mol. The number of nitrogens with two attached hydrogens (primary N) is 1. The number of hydrogen-bond donors (Lipinski definition) is 1. The van der Waals surface area contributed by atoms with Gasteiger partial charge in [0.15, 0.2) is 0 Å². The highest BCUT2D eigenvalue weighted by atomic mass is 15.2. The molecular formula is C18H30N2. The summed E-state index contributed by atoms with van der Waals surface area (Å²) in [5.41, 5.74) is 9.39. The lowest BCUT2D eigenvalue weighted by atomic mass is 9.71. The molecule has 0 saturated heterocycles. The third-order valence-electron chi connectivity index (χ3n) is 4.91. The fraction of sp³-hybridized carbons (Fsp3) is 0.667. The van der Waals surface area contributed by atoms with Crippen LogP contribution in [0.5, 0.6) is 0 Å². The van der Waals surface area contributed by atoms with Gasteiger partial charge in [-0.2, -0.15) is 0 Å². The van der Waals surface area contributed by atoms with Crippen LogP contribution >= 0.6 is 0 Å². The molecule has 0 bridgehead atoms. The molecule has 2 rings (SSSR count). The molecule has 0 saturated carbocycles. The van der Waals surface area contributed by atoms with Gasteiger partial charge in [-0.05, 0) is 55.8 Å². The molecule has 2 unspecified atom stereocenters. The molecule has 1 aromatic rings. The van der Waals surface area contributed by atoms with E-state index in [-0.39, 0.29) is 5.54 Å². The molecule has 2 atom stereocenters. The molecule has 0 radical (unpaired) electrons. The Labute approximate surface area is 124 Å². The van der Waals surface area contributed by atoms with Crippen LogP contribution in [0.25, 0.3) is 0 Å². The maximum absolute atomic E-state index is 6.32. The number of benzene rings is 1. The summed E-state index contributed by atoms with van der Waals surface area (Å²) in [7, 11) is 0. The van der Waals surface area contributed by atoms with Gasteiger partial charge in [0.2, 0.25) is 0 Å². The van der Waals surface area contributed by atoms with E-state index in [1.807, 2.05) is 0 Å². The number of hydrogen-bond acceptors (Lipinski definition) is 2. The van der Waals surface area contributed by atoms with Gasteiger partial charge in [0, 0.05) is 6.54 Å². The molecule has 1 aromatic carbocycles. The van der Waals surface area contributed by atoms with E-state index in [0.717, 1.165) is 19.6 Å². The van der Waals surface area contributed by atoms with Gasteiger partial charge in [-0.25, -0.2) is 0 Å². The first-order valence-corrected chi connectivity index (χ1v) is 8.24. The fourth-order valence-corrected chi connectivity index (χ4v) is 3.85. The third-order valence-corrected chi connectivity index (χ3v) is 4.91. The minimum Gasteiger partial charge on any atom is -0.328 e. The van der Waals surface area contributed by atoms with Crippen LogP contribution in [0.4, 0.5) is 0 Å². The Morgan fingerprint density at radius 3 is 2.45 bits per heavy atom. The molecule has 0 aromatic heterocycles. The molecule has 2 nitrogen and oxygen atoms in total. The topological polar surface area (TPSA) is 29.3 Å². The summed E-state index contributed by atoms with van der Waals surface area (Å²) in [5, 5.41) is 0. The average Bonchev–Trinajstić information content (AvgIpc) is 2.48. The Morgan fingerprint density at radius 2 is 1.85 bits per heavy atom. The lowest BCUT2D eigenvalue weighted by molar-refractivity contribution is 0.0703. The van der Waals surface area contributed by atoms with Crippen LogP contribution < -0.4 is 5.73 Å². The van der Waals surface area contributed by atoms with Crippen molar-refractivity contribution in [2.45, 2.75) is 57.9 Å². The predicted octanol–water partition coefficient (Wildman–Crippen LogP) is 3.86. The van der Waals surface area contributed by atoms with E-state index in [4.69, 9.17) is 5.73 Å². The van der Waals surface area contributed by atoms with Crippen molar-refractivity contribution >= 4 is 0 Å². The van der Waals surface area contributed by atoms with Gasteiger partial charge in [0.1, 0.15) is 0 Å². The summed E-state index contributed by atoms with van der Waals surface area (Å²) in [6.07, 6.45) is 4.83. The first kappa shape index (κ1) is 15.5. The summed E-state index contributed by atoms with van der Waals surface area (Å²) < 4.78 is 0. The third kappa shape index (κ3) is 2.64. The van der Waals surface area contributed by atoms with Crippen LogP contribution in [0.1, 0.15) is 63.5 Å². The number of nitrogens with zero attached hydrogens (tertiary/aromatic N) is 1. The number of fused-ring (bicyclic) bond motifs is 1. The molecule has 1 aliphatic carbocycles. The summed E-state index contributed by atoms with van der Waals surface area (Å²) in [4.78, 5) is 2.65. The molecule has 0 fully saturated rings. The van der Waals surface area contributed by atoms with Crippen LogP contribution in [0.2, 0.25) is 0 Å². The van der Waals surface area contributed by atoms with E-state index in [9.17, 15) is 0 Å². The van der Waals surface area contributed by atoms with Crippen LogP contribution in [-0.2, 0) is 5.54 Å².